The number of fused-ring (bicyclic) bond motifs is 7. The zero-order valence-corrected chi connectivity index (χ0v) is 21.2. The van der Waals surface area contributed by atoms with Crippen LogP contribution in [0.2, 0.25) is 0 Å². The summed E-state index contributed by atoms with van der Waals surface area (Å²) >= 11 is 0. The van der Waals surface area contributed by atoms with Crippen molar-refractivity contribution in [3.63, 3.8) is 0 Å². The van der Waals surface area contributed by atoms with Crippen LogP contribution in [0.3, 0.4) is 0 Å². The number of ether oxygens (including phenoxy) is 2. The van der Waals surface area contributed by atoms with Gasteiger partial charge in [0, 0.05) is 33.6 Å². The highest BCUT2D eigenvalue weighted by atomic mass is 16.7. The van der Waals surface area contributed by atoms with Crippen molar-refractivity contribution >= 4 is 17.3 Å². The molecule has 8 nitrogen and oxygen atoms in total. The van der Waals surface area contributed by atoms with Crippen molar-refractivity contribution in [3.8, 4) is 0 Å². The molecular formula is C29H35NO7. The maximum absolute atomic E-state index is 13.6. The predicted octanol–water partition coefficient (Wildman–Crippen LogP) is 2.36. The van der Waals surface area contributed by atoms with Gasteiger partial charge in [0.1, 0.15) is 6.61 Å². The van der Waals surface area contributed by atoms with Gasteiger partial charge in [-0.05, 0) is 55.7 Å². The molecule has 37 heavy (non-hydrogen) atoms. The molecule has 5 N–H and O–H groups in total. The molecule has 8 heteroatoms. The lowest BCUT2D eigenvalue weighted by atomic mass is 9.46. The fraction of sp³-hybridized carbons (Fsp3) is 0.586. The molecule has 0 aromatic heterocycles. The molecule has 1 aromatic carbocycles. The van der Waals surface area contributed by atoms with Crippen molar-refractivity contribution in [2.75, 3.05) is 12.3 Å². The van der Waals surface area contributed by atoms with Gasteiger partial charge in [0.2, 0.25) is 0 Å². The number of ketones is 2. The summed E-state index contributed by atoms with van der Waals surface area (Å²) in [7, 11) is 0. The number of aliphatic hydroxyl groups excluding tert-OH is 3. The van der Waals surface area contributed by atoms with Gasteiger partial charge in [-0.1, -0.05) is 37.6 Å². The lowest BCUT2D eigenvalue weighted by Gasteiger charge is -2.59. The topological polar surface area (TPSA) is 139 Å². The molecule has 1 aromatic rings. The summed E-state index contributed by atoms with van der Waals surface area (Å²) in [6.07, 6.45) is 5.62. The Morgan fingerprint density at radius 3 is 2.73 bits per heavy atom. The summed E-state index contributed by atoms with van der Waals surface area (Å²) in [5, 5.41) is 31.3. The molecule has 5 aliphatic rings. The molecular weight excluding hydrogens is 474 g/mol. The second-order valence-corrected chi connectivity index (χ2v) is 12.0. The first-order valence-corrected chi connectivity index (χ1v) is 13.2. The molecule has 0 amide bonds. The largest absolute Gasteiger partial charge is 0.398 e. The maximum Gasteiger partial charge on any atom is 0.193 e. The summed E-state index contributed by atoms with van der Waals surface area (Å²) in [5.41, 5.74) is 6.23. The summed E-state index contributed by atoms with van der Waals surface area (Å²) in [4.78, 5) is 25.6. The average Bonchev–Trinajstić information content (AvgIpc) is 3.37. The Morgan fingerprint density at radius 1 is 1.24 bits per heavy atom. The number of nitrogen functional groups attached to an aromatic ring is 1. The number of hydrogen-bond donors (Lipinski definition) is 4. The maximum atomic E-state index is 13.6. The summed E-state index contributed by atoms with van der Waals surface area (Å²) < 4.78 is 13.0. The SMILES string of the molecule is C[C@]12C=CC(=O)C=C1CC[C@@H]1[C@@H]2[C@@H](O)C[C@@]2(C)[C@H]1C[C@H]1O[C@@H](c3ccc(CO)c(N)c3)O[C@]12C(=O)CO. The van der Waals surface area contributed by atoms with E-state index < -0.39 is 47.3 Å². The van der Waals surface area contributed by atoms with Crippen molar-refractivity contribution in [1.82, 2.24) is 0 Å². The van der Waals surface area contributed by atoms with Crippen LogP contribution in [0.1, 0.15) is 56.9 Å². The Hall–Kier alpha value is -2.36. The first-order valence-electron chi connectivity index (χ1n) is 13.2. The number of rotatable bonds is 4. The van der Waals surface area contributed by atoms with Gasteiger partial charge < -0.3 is 30.5 Å². The van der Waals surface area contributed by atoms with Crippen LogP contribution in [0.25, 0.3) is 0 Å². The quantitative estimate of drug-likeness (QED) is 0.454. The van der Waals surface area contributed by atoms with Gasteiger partial charge in [-0.3, -0.25) is 9.59 Å². The van der Waals surface area contributed by atoms with E-state index in [0.717, 1.165) is 18.4 Å². The minimum Gasteiger partial charge on any atom is -0.398 e. The van der Waals surface area contributed by atoms with Crippen LogP contribution >= 0.6 is 0 Å². The highest BCUT2D eigenvalue weighted by Gasteiger charge is 2.75. The third kappa shape index (κ3) is 3.20. The summed E-state index contributed by atoms with van der Waals surface area (Å²) in [5.74, 6) is -0.385. The van der Waals surface area contributed by atoms with E-state index in [9.17, 15) is 24.9 Å². The van der Waals surface area contributed by atoms with Crippen LogP contribution in [0.15, 0.2) is 42.0 Å². The average molecular weight is 510 g/mol. The Morgan fingerprint density at radius 2 is 2.03 bits per heavy atom. The fourth-order valence-corrected chi connectivity index (χ4v) is 8.74. The number of nitrogens with two attached hydrogens (primary N) is 1. The smallest absolute Gasteiger partial charge is 0.193 e. The molecule has 198 valence electrons. The number of carbonyl (C=O) groups excluding carboxylic acids is 2. The Labute approximate surface area is 216 Å². The van der Waals surface area contributed by atoms with E-state index in [1.807, 2.05) is 13.0 Å². The van der Waals surface area contributed by atoms with E-state index >= 15 is 0 Å². The molecule has 9 atom stereocenters. The van der Waals surface area contributed by atoms with Gasteiger partial charge >= 0.3 is 0 Å². The normalized spacial score (nSPS) is 44.0. The van der Waals surface area contributed by atoms with Crippen molar-refractivity contribution < 1.29 is 34.4 Å². The number of anilines is 1. The van der Waals surface area contributed by atoms with Crippen LogP contribution in [0.4, 0.5) is 5.69 Å². The first-order chi connectivity index (χ1) is 17.6. The molecule has 4 aliphatic carbocycles. The molecule has 0 unspecified atom stereocenters. The van der Waals surface area contributed by atoms with Crippen LogP contribution in [0, 0.1) is 28.6 Å². The summed E-state index contributed by atoms with van der Waals surface area (Å²) in [6, 6.07) is 5.16. The highest BCUT2D eigenvalue weighted by Crippen LogP contribution is 2.70. The lowest BCUT2D eigenvalue weighted by Crippen LogP contribution is -2.63. The van der Waals surface area contributed by atoms with E-state index in [2.05, 4.69) is 6.92 Å². The van der Waals surface area contributed by atoms with E-state index in [0.29, 0.717) is 29.7 Å². The standard InChI is InChI=1S/C29H35NO7/c1-27-8-7-18(33)10-17(27)5-6-19-20-11-24-29(23(35)14-32,28(20,2)12-22(34)25(19)27)37-26(36-24)15-3-4-16(13-31)21(30)9-15/h3-4,7-10,19-20,22,24-26,31-32,34H,5-6,11-14,30H2,1-2H3/t19-,20-,22-,24+,25+,26+,27-,28-,29+/m0/s1. The lowest BCUT2D eigenvalue weighted by molar-refractivity contribution is -0.201. The Bertz CT molecular complexity index is 1220. The van der Waals surface area contributed by atoms with Gasteiger partial charge in [-0.2, -0.15) is 0 Å². The van der Waals surface area contributed by atoms with E-state index in [-0.39, 0.29) is 30.1 Å². The van der Waals surface area contributed by atoms with Gasteiger partial charge in [-0.15, -0.1) is 0 Å². The highest BCUT2D eigenvalue weighted by molar-refractivity contribution is 6.01. The second-order valence-electron chi connectivity index (χ2n) is 12.0. The molecule has 6 rings (SSSR count). The second kappa shape index (κ2) is 8.32. The molecule has 1 saturated heterocycles. The predicted molar refractivity (Wildman–Crippen MR) is 134 cm³/mol. The molecule has 0 spiro atoms. The monoisotopic (exact) mass is 509 g/mol. The zero-order chi connectivity index (χ0) is 26.3. The van der Waals surface area contributed by atoms with Crippen molar-refractivity contribution in [1.29, 1.82) is 0 Å². The first kappa shape index (κ1) is 24.9. The summed E-state index contributed by atoms with van der Waals surface area (Å²) in [6.45, 7) is 3.25. The van der Waals surface area contributed by atoms with Crippen LogP contribution in [0.5, 0.6) is 0 Å². The van der Waals surface area contributed by atoms with E-state index in [4.69, 9.17) is 15.2 Å². The van der Waals surface area contributed by atoms with Crippen LogP contribution in [-0.2, 0) is 25.7 Å². The molecule has 0 bridgehead atoms. The number of aliphatic hydroxyl groups is 3. The Balaban J connectivity index is 1.38. The number of carbonyl (C=O) groups is 2. The third-order valence-electron chi connectivity index (χ3n) is 10.4. The fourth-order valence-electron chi connectivity index (χ4n) is 8.74. The Kier molecular flexibility index (Phi) is 5.61. The van der Waals surface area contributed by atoms with Gasteiger partial charge in [0.05, 0.1) is 18.8 Å². The number of allylic oxidation sites excluding steroid dienone is 4. The number of hydrogen-bond acceptors (Lipinski definition) is 8. The van der Waals surface area contributed by atoms with Gasteiger partial charge in [0.25, 0.3) is 0 Å². The van der Waals surface area contributed by atoms with Crippen molar-refractivity contribution in [3.05, 3.63) is 53.1 Å². The molecule has 4 fully saturated rings. The minimum atomic E-state index is -1.40. The van der Waals surface area contributed by atoms with Gasteiger partial charge in [-0.25, -0.2) is 0 Å². The van der Waals surface area contributed by atoms with Crippen molar-refractivity contribution in [2.45, 2.75) is 70.2 Å². The third-order valence-corrected chi connectivity index (χ3v) is 10.4. The molecule has 0 radical (unpaired) electrons. The van der Waals surface area contributed by atoms with E-state index in [1.54, 1.807) is 30.4 Å². The van der Waals surface area contributed by atoms with Crippen molar-refractivity contribution in [2.24, 2.45) is 28.6 Å². The number of Topliss-reactive ketones (excluding diaryl/α,β-unsaturated/α-hetero) is 1. The van der Waals surface area contributed by atoms with Crippen LogP contribution in [-0.4, -0.2) is 51.3 Å². The number of benzene rings is 1. The molecule has 1 aliphatic heterocycles. The van der Waals surface area contributed by atoms with Crippen LogP contribution < -0.4 is 5.73 Å². The molecule has 1 heterocycles. The van der Waals surface area contributed by atoms with Gasteiger partial charge in [0.15, 0.2) is 23.5 Å². The zero-order valence-electron chi connectivity index (χ0n) is 21.2. The molecule has 3 saturated carbocycles. The minimum absolute atomic E-state index is 0.00976. The van der Waals surface area contributed by atoms with E-state index in [1.165, 1.54) is 0 Å².